The van der Waals surface area contributed by atoms with E-state index in [1.165, 1.54) is 141 Å². The van der Waals surface area contributed by atoms with Crippen LogP contribution in [0.4, 0.5) is 0 Å². The van der Waals surface area contributed by atoms with Gasteiger partial charge in [-0.25, -0.2) is 0 Å². The summed E-state index contributed by atoms with van der Waals surface area (Å²) in [5.41, 5.74) is 0. The van der Waals surface area contributed by atoms with Crippen molar-refractivity contribution in [2.24, 2.45) is 0 Å². The van der Waals surface area contributed by atoms with Crippen LogP contribution in [0.1, 0.15) is 155 Å². The average Bonchev–Trinajstić information content (AvgIpc) is 2.68. The molecule has 163 valence electrons. The molecule has 1 nitrogen and oxygen atoms in total. The third-order valence-electron chi connectivity index (χ3n) is 5.84. The van der Waals surface area contributed by atoms with Gasteiger partial charge in [-0.2, -0.15) is 0 Å². The van der Waals surface area contributed by atoms with Gasteiger partial charge in [0.2, 0.25) is 0 Å². The van der Waals surface area contributed by atoms with Crippen LogP contribution in [0.25, 0.3) is 0 Å². The third-order valence-corrected chi connectivity index (χ3v) is 5.84. The molecule has 0 heterocycles. The largest absolute Gasteiger partial charge is 0.379 e. The minimum absolute atomic E-state index is 1.12. The normalized spacial score (nSPS) is 11.3. The van der Waals surface area contributed by atoms with Gasteiger partial charge in [0.15, 0.2) is 0 Å². The van der Waals surface area contributed by atoms with E-state index in [1.807, 2.05) is 6.61 Å². The zero-order valence-electron chi connectivity index (χ0n) is 19.2. The van der Waals surface area contributed by atoms with Crippen molar-refractivity contribution < 1.29 is 4.74 Å². The van der Waals surface area contributed by atoms with Gasteiger partial charge in [0, 0.05) is 7.11 Å². The first-order valence-corrected chi connectivity index (χ1v) is 12.8. The van der Waals surface area contributed by atoms with E-state index >= 15 is 0 Å². The molecule has 0 saturated heterocycles. The van der Waals surface area contributed by atoms with Crippen molar-refractivity contribution in [3.05, 3.63) is 6.61 Å². The number of hydrogen-bond acceptors (Lipinski definition) is 1. The lowest BCUT2D eigenvalue weighted by atomic mass is 10.0. The number of methoxy groups -OCH3 is 1. The highest BCUT2D eigenvalue weighted by atomic mass is 16.5. The molecular weight excluding hydrogens is 328 g/mol. The third kappa shape index (κ3) is 26.0. The maximum Gasteiger partial charge on any atom is 0.0832 e. The molecule has 0 aliphatic rings. The smallest absolute Gasteiger partial charge is 0.0832 e. The molecular formula is C26H53O. The van der Waals surface area contributed by atoms with Crippen LogP contribution in [0.2, 0.25) is 0 Å². The van der Waals surface area contributed by atoms with Crippen LogP contribution in [-0.4, -0.2) is 7.11 Å². The van der Waals surface area contributed by atoms with Crippen molar-refractivity contribution in [3.63, 3.8) is 0 Å². The summed E-state index contributed by atoms with van der Waals surface area (Å²) in [5, 5.41) is 0. The van der Waals surface area contributed by atoms with E-state index in [-0.39, 0.29) is 0 Å². The molecule has 0 aromatic carbocycles. The van der Waals surface area contributed by atoms with Gasteiger partial charge >= 0.3 is 0 Å². The Morgan fingerprint density at radius 1 is 0.407 bits per heavy atom. The molecule has 0 bridgehead atoms. The number of ether oxygens (including phenoxy) is 1. The van der Waals surface area contributed by atoms with Gasteiger partial charge in [0.25, 0.3) is 0 Å². The molecule has 1 heteroatoms. The minimum Gasteiger partial charge on any atom is -0.379 e. The minimum atomic E-state index is 1.12. The van der Waals surface area contributed by atoms with Gasteiger partial charge in [0.1, 0.15) is 0 Å². The zero-order valence-corrected chi connectivity index (χ0v) is 19.2. The van der Waals surface area contributed by atoms with Crippen LogP contribution in [0, 0.1) is 6.61 Å². The van der Waals surface area contributed by atoms with Gasteiger partial charge in [-0.15, -0.1) is 0 Å². The van der Waals surface area contributed by atoms with E-state index in [9.17, 15) is 0 Å². The summed E-state index contributed by atoms with van der Waals surface area (Å²) in [4.78, 5) is 0. The Morgan fingerprint density at radius 2 is 0.667 bits per heavy atom. The first-order chi connectivity index (χ1) is 13.4. The lowest BCUT2D eigenvalue weighted by Gasteiger charge is -2.04. The van der Waals surface area contributed by atoms with Gasteiger partial charge in [-0.3, -0.25) is 0 Å². The molecule has 0 N–H and O–H groups in total. The quantitative estimate of drug-likeness (QED) is 0.151. The average molecular weight is 382 g/mol. The fraction of sp³-hybridized carbons (Fsp3) is 0.962. The van der Waals surface area contributed by atoms with E-state index in [0.717, 1.165) is 6.42 Å². The summed E-state index contributed by atoms with van der Waals surface area (Å²) in [6.45, 7) is 4.23. The molecule has 1 radical (unpaired) electrons. The fourth-order valence-electron chi connectivity index (χ4n) is 3.95. The van der Waals surface area contributed by atoms with Gasteiger partial charge < -0.3 is 4.74 Å². The second-order valence-corrected chi connectivity index (χ2v) is 8.62. The summed E-state index contributed by atoms with van der Waals surface area (Å²) in [7, 11) is 1.75. The SMILES string of the molecule is CCCCCCCCCCCCCCCCCCCCCCCC[CH]OC. The summed E-state index contributed by atoms with van der Waals surface area (Å²) in [6.07, 6.45) is 33.1. The predicted octanol–water partition coefficient (Wildman–Crippen LogP) is 9.79. The van der Waals surface area contributed by atoms with Crippen LogP contribution in [-0.2, 0) is 4.74 Å². The van der Waals surface area contributed by atoms with Crippen LogP contribution >= 0.6 is 0 Å². The first-order valence-electron chi connectivity index (χ1n) is 12.8. The molecule has 0 fully saturated rings. The van der Waals surface area contributed by atoms with Crippen molar-refractivity contribution in [1.29, 1.82) is 0 Å². The van der Waals surface area contributed by atoms with E-state index in [2.05, 4.69) is 6.92 Å². The number of rotatable bonds is 24. The summed E-state index contributed by atoms with van der Waals surface area (Å²) < 4.78 is 4.96. The second kappa shape index (κ2) is 26.0. The Balaban J connectivity index is 2.95. The fourth-order valence-corrected chi connectivity index (χ4v) is 3.95. The zero-order chi connectivity index (χ0) is 19.7. The summed E-state index contributed by atoms with van der Waals surface area (Å²) >= 11 is 0. The lowest BCUT2D eigenvalue weighted by Crippen LogP contribution is -1.85. The molecule has 0 unspecified atom stereocenters. The highest BCUT2D eigenvalue weighted by Gasteiger charge is 1.96. The highest BCUT2D eigenvalue weighted by Crippen LogP contribution is 2.15. The van der Waals surface area contributed by atoms with Crippen molar-refractivity contribution in [1.82, 2.24) is 0 Å². The maximum absolute atomic E-state index is 4.96. The molecule has 0 aromatic heterocycles. The van der Waals surface area contributed by atoms with E-state index < -0.39 is 0 Å². The Morgan fingerprint density at radius 3 is 0.926 bits per heavy atom. The maximum atomic E-state index is 4.96. The Hall–Kier alpha value is -0.0400. The molecule has 0 rings (SSSR count). The standard InChI is InChI=1S/C26H53O/c1-3-4-5-6-7-8-9-10-11-12-13-14-15-16-17-18-19-20-21-22-23-24-25-26-27-2/h26H,3-25H2,1-2H3. The first kappa shape index (κ1) is 27.0. The monoisotopic (exact) mass is 381 g/mol. The summed E-state index contributed by atoms with van der Waals surface area (Å²) in [6, 6.07) is 0. The lowest BCUT2D eigenvalue weighted by molar-refractivity contribution is 0.262. The molecule has 0 spiro atoms. The Bertz CT molecular complexity index is 214. The molecule has 0 saturated carbocycles. The van der Waals surface area contributed by atoms with Crippen molar-refractivity contribution in [2.45, 2.75) is 155 Å². The second-order valence-electron chi connectivity index (χ2n) is 8.62. The van der Waals surface area contributed by atoms with Gasteiger partial charge in [-0.1, -0.05) is 148 Å². The van der Waals surface area contributed by atoms with E-state index in [4.69, 9.17) is 4.74 Å². The number of unbranched alkanes of at least 4 members (excludes halogenated alkanes) is 22. The van der Waals surface area contributed by atoms with E-state index in [1.54, 1.807) is 7.11 Å². The molecule has 0 aliphatic carbocycles. The van der Waals surface area contributed by atoms with E-state index in [0.29, 0.717) is 0 Å². The van der Waals surface area contributed by atoms with Crippen LogP contribution in [0.5, 0.6) is 0 Å². The van der Waals surface area contributed by atoms with Crippen LogP contribution in [0.3, 0.4) is 0 Å². The molecule has 0 atom stereocenters. The number of hydrogen-bond donors (Lipinski definition) is 0. The molecule has 0 aromatic rings. The predicted molar refractivity (Wildman–Crippen MR) is 123 cm³/mol. The Labute approximate surface area is 173 Å². The summed E-state index contributed by atoms with van der Waals surface area (Å²) in [5.74, 6) is 0. The molecule has 27 heavy (non-hydrogen) atoms. The van der Waals surface area contributed by atoms with Gasteiger partial charge in [-0.05, 0) is 6.42 Å². The van der Waals surface area contributed by atoms with Gasteiger partial charge in [0.05, 0.1) is 6.61 Å². The van der Waals surface area contributed by atoms with Crippen LogP contribution < -0.4 is 0 Å². The topological polar surface area (TPSA) is 9.23 Å². The van der Waals surface area contributed by atoms with Crippen molar-refractivity contribution >= 4 is 0 Å². The molecule has 0 aliphatic heterocycles. The highest BCUT2D eigenvalue weighted by molar-refractivity contribution is 4.53. The van der Waals surface area contributed by atoms with Crippen molar-refractivity contribution in [3.8, 4) is 0 Å². The van der Waals surface area contributed by atoms with Crippen LogP contribution in [0.15, 0.2) is 0 Å². The molecule has 0 amide bonds. The Kier molecular flexibility index (Phi) is 25.9. The van der Waals surface area contributed by atoms with Crippen molar-refractivity contribution in [2.75, 3.05) is 7.11 Å².